The molecule has 0 aliphatic rings. The largest absolute Gasteiger partial charge is 0.323 e. The van der Waals surface area contributed by atoms with Crippen LogP contribution in [0.25, 0.3) is 0 Å². The van der Waals surface area contributed by atoms with E-state index in [1.54, 1.807) is 12.1 Å². The zero-order valence-electron chi connectivity index (χ0n) is 8.90. The monoisotopic (exact) mass is 273 g/mol. The van der Waals surface area contributed by atoms with Crippen LogP contribution < -0.4 is 5.32 Å². The van der Waals surface area contributed by atoms with Gasteiger partial charge in [-0.25, -0.2) is 4.39 Å². The Kier molecular flexibility index (Phi) is 3.50. The molecule has 82 valence electrons. The minimum Gasteiger partial charge on any atom is -0.323 e. The van der Waals surface area contributed by atoms with Crippen molar-refractivity contribution in [1.82, 2.24) is 0 Å². The van der Waals surface area contributed by atoms with E-state index in [0.717, 1.165) is 10.0 Å². The third kappa shape index (κ3) is 3.02. The third-order valence-electron chi connectivity index (χ3n) is 2.06. The lowest BCUT2D eigenvalue weighted by Crippen LogP contribution is -2.32. The first-order valence-electron chi connectivity index (χ1n) is 4.58. The molecular formula is C11H13BrFNO. The van der Waals surface area contributed by atoms with Gasteiger partial charge in [0.1, 0.15) is 0 Å². The van der Waals surface area contributed by atoms with Crippen molar-refractivity contribution in [2.45, 2.75) is 26.4 Å². The van der Waals surface area contributed by atoms with E-state index in [4.69, 9.17) is 0 Å². The minimum absolute atomic E-state index is 0.625. The molecule has 1 aromatic rings. The van der Waals surface area contributed by atoms with E-state index >= 15 is 0 Å². The fourth-order valence-corrected chi connectivity index (χ4v) is 1.38. The number of nitrogens with one attached hydrogen (secondary N) is 1. The van der Waals surface area contributed by atoms with Crippen molar-refractivity contribution in [2.75, 3.05) is 5.32 Å². The summed E-state index contributed by atoms with van der Waals surface area (Å²) in [5.74, 6) is -0.635. The molecule has 1 N–H and O–H groups in total. The average molecular weight is 274 g/mol. The number of carbonyl (C=O) groups excluding carboxylic acids is 1. The van der Waals surface area contributed by atoms with Gasteiger partial charge < -0.3 is 5.32 Å². The van der Waals surface area contributed by atoms with Crippen LogP contribution >= 0.6 is 15.9 Å². The molecule has 0 unspecified atom stereocenters. The number of halogens is 2. The lowest BCUT2D eigenvalue weighted by Gasteiger charge is -2.15. The molecule has 0 aromatic heterocycles. The molecule has 1 rings (SSSR count). The van der Waals surface area contributed by atoms with Gasteiger partial charge in [0.2, 0.25) is 0 Å². The summed E-state index contributed by atoms with van der Waals surface area (Å²) in [4.78, 5) is 11.4. The molecule has 15 heavy (non-hydrogen) atoms. The lowest BCUT2D eigenvalue weighted by atomic mass is 10.1. The molecule has 0 atom stereocenters. The maximum absolute atomic E-state index is 13.3. The average Bonchev–Trinajstić information content (AvgIpc) is 2.11. The van der Waals surface area contributed by atoms with E-state index in [9.17, 15) is 9.18 Å². The summed E-state index contributed by atoms with van der Waals surface area (Å²) in [7, 11) is 0. The SMILES string of the molecule is Cc1c(Br)cccc1NC(=O)C(C)(C)F. The Morgan fingerprint density at radius 1 is 1.47 bits per heavy atom. The summed E-state index contributed by atoms with van der Waals surface area (Å²) >= 11 is 3.34. The summed E-state index contributed by atoms with van der Waals surface area (Å²) in [6, 6.07) is 5.40. The molecule has 0 aliphatic heterocycles. The Morgan fingerprint density at radius 3 is 2.60 bits per heavy atom. The topological polar surface area (TPSA) is 29.1 Å². The van der Waals surface area contributed by atoms with Gasteiger partial charge in [-0.1, -0.05) is 22.0 Å². The van der Waals surface area contributed by atoms with E-state index in [1.807, 2.05) is 13.0 Å². The van der Waals surface area contributed by atoms with Crippen molar-refractivity contribution in [1.29, 1.82) is 0 Å². The molecule has 0 spiro atoms. The van der Waals surface area contributed by atoms with Crippen molar-refractivity contribution in [3.8, 4) is 0 Å². The first-order valence-corrected chi connectivity index (χ1v) is 5.37. The predicted octanol–water partition coefficient (Wildman–Crippen LogP) is 3.44. The maximum Gasteiger partial charge on any atom is 0.261 e. The van der Waals surface area contributed by atoms with Gasteiger partial charge >= 0.3 is 0 Å². The van der Waals surface area contributed by atoms with E-state index in [-0.39, 0.29) is 0 Å². The zero-order chi connectivity index (χ0) is 11.6. The molecule has 0 saturated heterocycles. The molecule has 0 saturated carbocycles. The number of amides is 1. The van der Waals surface area contributed by atoms with Crippen LogP contribution in [0, 0.1) is 6.92 Å². The summed E-state index contributed by atoms with van der Waals surface area (Å²) in [5.41, 5.74) is -0.357. The molecule has 0 radical (unpaired) electrons. The number of alkyl halides is 1. The normalized spacial score (nSPS) is 11.3. The van der Waals surface area contributed by atoms with Crippen LogP contribution in [0.2, 0.25) is 0 Å². The molecule has 0 fully saturated rings. The van der Waals surface area contributed by atoms with Crippen LogP contribution in [-0.2, 0) is 4.79 Å². The van der Waals surface area contributed by atoms with Gasteiger partial charge in [0.05, 0.1) is 0 Å². The molecule has 4 heteroatoms. The van der Waals surface area contributed by atoms with Crippen molar-refractivity contribution < 1.29 is 9.18 Å². The standard InChI is InChI=1S/C11H13BrFNO/c1-7-8(12)5-4-6-9(7)14-10(15)11(2,3)13/h4-6H,1-3H3,(H,14,15). The van der Waals surface area contributed by atoms with Crippen LogP contribution in [0.5, 0.6) is 0 Å². The van der Waals surface area contributed by atoms with Crippen LogP contribution in [0.3, 0.4) is 0 Å². The van der Waals surface area contributed by atoms with Gasteiger partial charge in [-0.2, -0.15) is 0 Å². The second-order valence-electron chi connectivity index (χ2n) is 3.84. The highest BCUT2D eigenvalue weighted by molar-refractivity contribution is 9.10. The second kappa shape index (κ2) is 4.31. The molecule has 0 bridgehead atoms. The van der Waals surface area contributed by atoms with Crippen LogP contribution in [0.15, 0.2) is 22.7 Å². The van der Waals surface area contributed by atoms with Crippen LogP contribution in [0.1, 0.15) is 19.4 Å². The van der Waals surface area contributed by atoms with Gasteiger partial charge in [-0.15, -0.1) is 0 Å². The van der Waals surface area contributed by atoms with Gasteiger partial charge in [-0.05, 0) is 38.5 Å². The highest BCUT2D eigenvalue weighted by atomic mass is 79.9. The number of carbonyl (C=O) groups is 1. The van der Waals surface area contributed by atoms with Gasteiger partial charge in [0.15, 0.2) is 5.67 Å². The fraction of sp³-hybridized carbons (Fsp3) is 0.364. The summed E-state index contributed by atoms with van der Waals surface area (Å²) in [6.07, 6.45) is 0. The van der Waals surface area contributed by atoms with Gasteiger partial charge in [0, 0.05) is 10.2 Å². The van der Waals surface area contributed by atoms with Crippen molar-refractivity contribution in [3.05, 3.63) is 28.2 Å². The lowest BCUT2D eigenvalue weighted by molar-refractivity contribution is -0.125. The third-order valence-corrected chi connectivity index (χ3v) is 2.91. The Hall–Kier alpha value is -0.900. The first-order chi connectivity index (χ1) is 6.82. The van der Waals surface area contributed by atoms with Crippen molar-refractivity contribution in [2.24, 2.45) is 0 Å². The molecule has 2 nitrogen and oxygen atoms in total. The number of hydrogen-bond donors (Lipinski definition) is 1. The van der Waals surface area contributed by atoms with E-state index in [1.165, 1.54) is 13.8 Å². The number of hydrogen-bond acceptors (Lipinski definition) is 1. The first kappa shape index (κ1) is 12.2. The number of anilines is 1. The Bertz CT molecular complexity index is 385. The summed E-state index contributed by atoms with van der Waals surface area (Å²) in [5, 5.41) is 2.55. The van der Waals surface area contributed by atoms with Gasteiger partial charge in [-0.3, -0.25) is 4.79 Å². The second-order valence-corrected chi connectivity index (χ2v) is 4.69. The molecule has 1 amide bonds. The quantitative estimate of drug-likeness (QED) is 0.879. The Balaban J connectivity index is 2.91. The highest BCUT2D eigenvalue weighted by Crippen LogP contribution is 2.24. The van der Waals surface area contributed by atoms with E-state index in [2.05, 4.69) is 21.2 Å². The smallest absolute Gasteiger partial charge is 0.261 e. The summed E-state index contributed by atoms with van der Waals surface area (Å²) < 4.78 is 14.2. The minimum atomic E-state index is -1.87. The van der Waals surface area contributed by atoms with Crippen molar-refractivity contribution >= 4 is 27.5 Å². The number of benzene rings is 1. The highest BCUT2D eigenvalue weighted by Gasteiger charge is 2.26. The Labute approximate surface area is 97.0 Å². The van der Waals surface area contributed by atoms with E-state index < -0.39 is 11.6 Å². The number of rotatable bonds is 2. The zero-order valence-corrected chi connectivity index (χ0v) is 10.5. The Morgan fingerprint density at radius 2 is 2.07 bits per heavy atom. The molecular weight excluding hydrogens is 261 g/mol. The summed E-state index contributed by atoms with van der Waals surface area (Å²) in [6.45, 7) is 4.32. The predicted molar refractivity (Wildman–Crippen MR) is 62.7 cm³/mol. The van der Waals surface area contributed by atoms with Crippen molar-refractivity contribution in [3.63, 3.8) is 0 Å². The fourth-order valence-electron chi connectivity index (χ4n) is 1.01. The van der Waals surface area contributed by atoms with Crippen LogP contribution in [0.4, 0.5) is 10.1 Å². The van der Waals surface area contributed by atoms with E-state index in [0.29, 0.717) is 5.69 Å². The maximum atomic E-state index is 13.3. The van der Waals surface area contributed by atoms with Gasteiger partial charge in [0.25, 0.3) is 5.91 Å². The molecule has 0 heterocycles. The molecule has 1 aromatic carbocycles. The van der Waals surface area contributed by atoms with Crippen LogP contribution in [-0.4, -0.2) is 11.6 Å². The molecule has 0 aliphatic carbocycles.